The summed E-state index contributed by atoms with van der Waals surface area (Å²) >= 11 is 0. The molecule has 0 aliphatic carbocycles. The third-order valence-corrected chi connectivity index (χ3v) is 0.902. The molecule has 0 aromatic rings. The first-order valence-corrected chi connectivity index (χ1v) is 3.48. The van der Waals surface area contributed by atoms with Crippen LogP contribution in [0.4, 0.5) is 0 Å². The maximum absolute atomic E-state index is 10.8. The average Bonchev–Trinajstić information content (AvgIpc) is 1.82. The van der Waals surface area contributed by atoms with E-state index >= 15 is 0 Å². The number of hydroxylamine groups is 1. The number of hydrogen-bond donors (Lipinski definition) is 1. The SMILES string of the molecule is CC(=O)ONC(=O)CC(C)C. The molecular formula is C7H13NO3. The van der Waals surface area contributed by atoms with E-state index in [1.54, 1.807) is 0 Å². The monoisotopic (exact) mass is 159 g/mol. The number of carbonyl (C=O) groups excluding carboxylic acids is 2. The largest absolute Gasteiger partial charge is 0.341 e. The van der Waals surface area contributed by atoms with Crippen LogP contribution >= 0.6 is 0 Å². The van der Waals surface area contributed by atoms with Crippen molar-refractivity contribution in [3.8, 4) is 0 Å². The van der Waals surface area contributed by atoms with Crippen LogP contribution in [0.5, 0.6) is 0 Å². The van der Waals surface area contributed by atoms with Gasteiger partial charge in [0.15, 0.2) is 0 Å². The Morgan fingerprint density at radius 1 is 1.45 bits per heavy atom. The van der Waals surface area contributed by atoms with Crippen molar-refractivity contribution in [2.45, 2.75) is 27.2 Å². The normalized spacial score (nSPS) is 9.45. The zero-order chi connectivity index (χ0) is 8.85. The standard InChI is InChI=1S/C7H13NO3/c1-5(2)4-7(10)8-11-6(3)9/h5H,4H2,1-3H3,(H,8,10). The fraction of sp³-hybridized carbons (Fsp3) is 0.714. The molecule has 0 aliphatic heterocycles. The van der Waals surface area contributed by atoms with Gasteiger partial charge in [-0.1, -0.05) is 13.8 Å². The van der Waals surface area contributed by atoms with E-state index in [-0.39, 0.29) is 11.8 Å². The molecule has 0 radical (unpaired) electrons. The second-order valence-electron chi connectivity index (χ2n) is 2.72. The molecule has 0 atom stereocenters. The van der Waals surface area contributed by atoms with Gasteiger partial charge in [0.05, 0.1) is 0 Å². The average molecular weight is 159 g/mol. The number of amides is 1. The second-order valence-corrected chi connectivity index (χ2v) is 2.72. The smallest absolute Gasteiger partial charge is 0.329 e. The minimum atomic E-state index is -0.512. The second kappa shape index (κ2) is 4.71. The van der Waals surface area contributed by atoms with Crippen LogP contribution in [-0.4, -0.2) is 11.9 Å². The van der Waals surface area contributed by atoms with E-state index in [9.17, 15) is 9.59 Å². The van der Waals surface area contributed by atoms with Gasteiger partial charge in [0.25, 0.3) is 5.91 Å². The van der Waals surface area contributed by atoms with Crippen molar-refractivity contribution in [3.63, 3.8) is 0 Å². The summed E-state index contributed by atoms with van der Waals surface area (Å²) in [5.41, 5.74) is 2.02. The van der Waals surface area contributed by atoms with Crippen molar-refractivity contribution in [1.82, 2.24) is 5.48 Å². The lowest BCUT2D eigenvalue weighted by atomic mass is 10.1. The van der Waals surface area contributed by atoms with Crippen molar-refractivity contribution in [3.05, 3.63) is 0 Å². The summed E-state index contributed by atoms with van der Waals surface area (Å²) in [5, 5.41) is 0. The van der Waals surface area contributed by atoms with E-state index in [2.05, 4.69) is 4.84 Å². The molecule has 0 saturated heterocycles. The Hall–Kier alpha value is -1.06. The van der Waals surface area contributed by atoms with E-state index in [0.717, 1.165) is 0 Å². The Labute approximate surface area is 65.9 Å². The molecule has 0 saturated carbocycles. The molecule has 0 aromatic carbocycles. The highest BCUT2D eigenvalue weighted by Crippen LogP contribution is 1.97. The molecule has 0 aliphatic rings. The molecule has 11 heavy (non-hydrogen) atoms. The minimum Gasteiger partial charge on any atom is -0.341 e. The zero-order valence-corrected chi connectivity index (χ0v) is 7.01. The Balaban J connectivity index is 3.45. The number of hydrogen-bond acceptors (Lipinski definition) is 3. The Kier molecular flexibility index (Phi) is 4.26. The van der Waals surface area contributed by atoms with Crippen LogP contribution < -0.4 is 5.48 Å². The highest BCUT2D eigenvalue weighted by atomic mass is 16.7. The van der Waals surface area contributed by atoms with Gasteiger partial charge < -0.3 is 4.84 Å². The highest BCUT2D eigenvalue weighted by molar-refractivity contribution is 5.77. The Morgan fingerprint density at radius 3 is 2.36 bits per heavy atom. The van der Waals surface area contributed by atoms with Crippen LogP contribution in [0.15, 0.2) is 0 Å². The molecule has 0 bridgehead atoms. The summed E-state index contributed by atoms with van der Waals surface area (Å²) in [6, 6.07) is 0. The first kappa shape index (κ1) is 9.94. The van der Waals surface area contributed by atoms with Crippen LogP contribution in [0.3, 0.4) is 0 Å². The van der Waals surface area contributed by atoms with Crippen molar-refractivity contribution >= 4 is 11.9 Å². The molecule has 64 valence electrons. The lowest BCUT2D eigenvalue weighted by molar-refractivity contribution is -0.156. The summed E-state index contributed by atoms with van der Waals surface area (Å²) in [7, 11) is 0. The van der Waals surface area contributed by atoms with Crippen LogP contribution in [0.25, 0.3) is 0 Å². The predicted molar refractivity (Wildman–Crippen MR) is 39.4 cm³/mol. The number of carbonyl (C=O) groups is 2. The third-order valence-electron chi connectivity index (χ3n) is 0.902. The topological polar surface area (TPSA) is 55.4 Å². The minimum absolute atomic E-state index is 0.268. The van der Waals surface area contributed by atoms with Gasteiger partial charge in [-0.25, -0.2) is 0 Å². The molecule has 4 nitrogen and oxygen atoms in total. The van der Waals surface area contributed by atoms with Gasteiger partial charge in [0.1, 0.15) is 0 Å². The molecule has 0 spiro atoms. The fourth-order valence-corrected chi connectivity index (χ4v) is 0.541. The van der Waals surface area contributed by atoms with E-state index in [1.165, 1.54) is 6.92 Å². The zero-order valence-electron chi connectivity index (χ0n) is 7.01. The molecule has 0 rings (SSSR count). The van der Waals surface area contributed by atoms with Crippen LogP contribution in [0, 0.1) is 5.92 Å². The summed E-state index contributed by atoms with van der Waals surface area (Å²) in [5.74, 6) is -0.511. The van der Waals surface area contributed by atoms with Gasteiger partial charge >= 0.3 is 5.97 Å². The van der Waals surface area contributed by atoms with E-state index in [1.807, 2.05) is 19.3 Å². The van der Waals surface area contributed by atoms with E-state index in [0.29, 0.717) is 6.42 Å². The highest BCUT2D eigenvalue weighted by Gasteiger charge is 2.04. The van der Waals surface area contributed by atoms with Crippen molar-refractivity contribution in [2.75, 3.05) is 0 Å². The quantitative estimate of drug-likeness (QED) is 0.601. The van der Waals surface area contributed by atoms with Gasteiger partial charge in [-0.3, -0.25) is 9.59 Å². The Bertz CT molecular complexity index is 154. The predicted octanol–water partition coefficient (Wildman–Crippen LogP) is 0.627. The van der Waals surface area contributed by atoms with E-state index < -0.39 is 5.97 Å². The lowest BCUT2D eigenvalue weighted by Crippen LogP contribution is -2.26. The molecule has 0 unspecified atom stereocenters. The van der Waals surface area contributed by atoms with Crippen LogP contribution in [0.2, 0.25) is 0 Å². The van der Waals surface area contributed by atoms with Crippen molar-refractivity contribution in [2.24, 2.45) is 5.92 Å². The van der Waals surface area contributed by atoms with E-state index in [4.69, 9.17) is 0 Å². The van der Waals surface area contributed by atoms with Crippen molar-refractivity contribution in [1.29, 1.82) is 0 Å². The van der Waals surface area contributed by atoms with Gasteiger partial charge in [-0.2, -0.15) is 5.48 Å². The molecule has 1 N–H and O–H groups in total. The Morgan fingerprint density at radius 2 is 2.00 bits per heavy atom. The first-order valence-electron chi connectivity index (χ1n) is 3.48. The molecular weight excluding hydrogens is 146 g/mol. The fourth-order valence-electron chi connectivity index (χ4n) is 0.541. The summed E-state index contributed by atoms with van der Waals surface area (Å²) in [6.07, 6.45) is 0.368. The summed E-state index contributed by atoms with van der Waals surface area (Å²) < 4.78 is 0. The molecule has 4 heteroatoms. The lowest BCUT2D eigenvalue weighted by Gasteiger charge is -2.04. The first-order chi connectivity index (χ1) is 5.02. The molecule has 1 amide bonds. The molecule has 0 aromatic heterocycles. The van der Waals surface area contributed by atoms with Crippen molar-refractivity contribution < 1.29 is 14.4 Å². The summed E-state index contributed by atoms with van der Waals surface area (Å²) in [6.45, 7) is 5.05. The summed E-state index contributed by atoms with van der Waals surface area (Å²) in [4.78, 5) is 25.2. The number of nitrogens with one attached hydrogen (secondary N) is 1. The van der Waals surface area contributed by atoms with Crippen LogP contribution in [-0.2, 0) is 14.4 Å². The third kappa shape index (κ3) is 6.83. The number of rotatable bonds is 2. The molecule has 0 heterocycles. The maximum atomic E-state index is 10.8. The van der Waals surface area contributed by atoms with Gasteiger partial charge in [0.2, 0.25) is 0 Å². The van der Waals surface area contributed by atoms with Crippen LogP contribution in [0.1, 0.15) is 27.2 Å². The van der Waals surface area contributed by atoms with Gasteiger partial charge in [-0.05, 0) is 5.92 Å². The maximum Gasteiger partial charge on any atom is 0.329 e. The van der Waals surface area contributed by atoms with Gasteiger partial charge in [0, 0.05) is 13.3 Å². The van der Waals surface area contributed by atoms with Gasteiger partial charge in [-0.15, -0.1) is 0 Å². The molecule has 0 fully saturated rings.